The Morgan fingerprint density at radius 2 is 1.21 bits per heavy atom. The van der Waals surface area contributed by atoms with Crippen molar-refractivity contribution in [3.63, 3.8) is 0 Å². The summed E-state index contributed by atoms with van der Waals surface area (Å²) in [5.74, 6) is -0.867. The van der Waals surface area contributed by atoms with Crippen LogP contribution in [0.25, 0.3) is 0 Å². The lowest BCUT2D eigenvalue weighted by molar-refractivity contribution is -0.133. The van der Waals surface area contributed by atoms with Crippen LogP contribution < -0.4 is 11.5 Å². The molecule has 0 aliphatic rings. The van der Waals surface area contributed by atoms with Gasteiger partial charge in [0.2, 0.25) is 0 Å². The van der Waals surface area contributed by atoms with Crippen LogP contribution in [0.3, 0.4) is 0 Å². The number of aliphatic carboxylic acids is 2. The lowest BCUT2D eigenvalue weighted by Gasteiger charge is -2.06. The molecule has 19 heavy (non-hydrogen) atoms. The van der Waals surface area contributed by atoms with Gasteiger partial charge in [-0.3, -0.25) is 0 Å². The summed E-state index contributed by atoms with van der Waals surface area (Å²) in [6.07, 6.45) is 0.714. The fourth-order valence-electron chi connectivity index (χ4n) is 1.40. The molecular weight excluding hydrogens is 268 g/mol. The van der Waals surface area contributed by atoms with Crippen LogP contribution in [0.5, 0.6) is 0 Å². The van der Waals surface area contributed by atoms with Crippen molar-refractivity contribution >= 4 is 23.7 Å². The minimum Gasteiger partial charge on any atom is -0.478 e. The third-order valence-electron chi connectivity index (χ3n) is 2.46. The summed E-state index contributed by atoms with van der Waals surface area (Å²) in [4.78, 5) is 21.7. The van der Waals surface area contributed by atoms with Crippen LogP contribution in [-0.4, -0.2) is 33.7 Å². The van der Waals surface area contributed by atoms with Gasteiger partial charge in [-0.2, -0.15) is 11.8 Å². The van der Waals surface area contributed by atoms with Crippen LogP contribution in [0.1, 0.15) is 26.7 Å². The Morgan fingerprint density at radius 1 is 0.895 bits per heavy atom. The minimum absolute atomic E-state index is 0.205. The molecule has 0 bridgehead atoms. The maximum absolute atomic E-state index is 10.8. The molecule has 0 heterocycles. The van der Waals surface area contributed by atoms with Crippen LogP contribution in [-0.2, 0) is 9.59 Å². The molecule has 0 aliphatic carbocycles. The predicted molar refractivity (Wildman–Crippen MR) is 75.6 cm³/mol. The van der Waals surface area contributed by atoms with E-state index in [2.05, 4.69) is 0 Å². The SMILES string of the molecule is CC(N)=C(CCSCCC(C(=O)O)=C(C)N)C(=O)O. The average molecular weight is 288 g/mol. The molecule has 0 aromatic rings. The Bertz CT molecular complexity index is 370. The summed E-state index contributed by atoms with van der Waals surface area (Å²) in [6, 6.07) is 0. The standard InChI is InChI=1S/C12H20N2O4S/c1-7(13)9(11(15)16)3-5-19-6-4-10(8(2)14)12(17)18/h3-6,13-14H2,1-2H3,(H,15,16)(H,17,18). The molecule has 0 radical (unpaired) electrons. The number of allylic oxidation sites excluding steroid dienone is 2. The summed E-state index contributed by atoms with van der Waals surface area (Å²) in [5, 5.41) is 17.8. The zero-order valence-electron chi connectivity index (χ0n) is 11.1. The maximum Gasteiger partial charge on any atom is 0.333 e. The topological polar surface area (TPSA) is 127 Å². The fraction of sp³-hybridized carbons (Fsp3) is 0.500. The first kappa shape index (κ1) is 17.4. The van der Waals surface area contributed by atoms with Gasteiger partial charge < -0.3 is 21.7 Å². The van der Waals surface area contributed by atoms with Gasteiger partial charge in [0, 0.05) is 11.4 Å². The van der Waals surface area contributed by atoms with E-state index >= 15 is 0 Å². The molecule has 0 unspecified atom stereocenters. The Balaban J connectivity index is 4.14. The minimum atomic E-state index is -1.01. The zero-order chi connectivity index (χ0) is 15.0. The average Bonchev–Trinajstić information content (AvgIpc) is 2.25. The van der Waals surface area contributed by atoms with Crippen LogP contribution in [0.2, 0.25) is 0 Å². The number of thioether (sulfide) groups is 1. The number of hydrogen-bond donors (Lipinski definition) is 4. The van der Waals surface area contributed by atoms with Gasteiger partial charge in [-0.05, 0) is 38.2 Å². The van der Waals surface area contributed by atoms with Gasteiger partial charge in [0.15, 0.2) is 0 Å². The van der Waals surface area contributed by atoms with E-state index in [1.807, 2.05) is 0 Å². The molecule has 0 aromatic heterocycles. The fourth-order valence-corrected chi connectivity index (χ4v) is 2.30. The molecule has 0 fully saturated rings. The van der Waals surface area contributed by atoms with Gasteiger partial charge in [-0.15, -0.1) is 0 Å². The van der Waals surface area contributed by atoms with Gasteiger partial charge in [0.05, 0.1) is 11.1 Å². The van der Waals surface area contributed by atoms with E-state index in [0.717, 1.165) is 0 Å². The molecule has 0 rings (SSSR count). The summed E-state index contributed by atoms with van der Waals surface area (Å²) in [6.45, 7) is 3.11. The molecule has 6 nitrogen and oxygen atoms in total. The summed E-state index contributed by atoms with van der Waals surface area (Å²) < 4.78 is 0. The highest BCUT2D eigenvalue weighted by atomic mass is 32.2. The highest BCUT2D eigenvalue weighted by molar-refractivity contribution is 7.99. The van der Waals surface area contributed by atoms with Crippen LogP contribution in [0.4, 0.5) is 0 Å². The summed E-state index contributed by atoms with van der Waals surface area (Å²) in [5.41, 5.74) is 12.0. The number of carbonyl (C=O) groups is 2. The monoisotopic (exact) mass is 288 g/mol. The van der Waals surface area contributed by atoms with E-state index in [-0.39, 0.29) is 11.1 Å². The molecule has 0 spiro atoms. The number of hydrogen-bond acceptors (Lipinski definition) is 5. The molecule has 0 atom stereocenters. The third kappa shape index (κ3) is 6.76. The molecule has 108 valence electrons. The second-order valence-corrected chi connectivity index (χ2v) is 5.27. The Hall–Kier alpha value is -1.63. The Morgan fingerprint density at radius 3 is 1.42 bits per heavy atom. The quantitative estimate of drug-likeness (QED) is 0.389. The third-order valence-corrected chi connectivity index (χ3v) is 3.45. The normalized spacial score (nSPS) is 13.6. The molecule has 7 heteroatoms. The Kier molecular flexibility index (Phi) is 7.74. The summed E-state index contributed by atoms with van der Waals surface area (Å²) in [7, 11) is 0. The number of carboxylic acid groups (broad SMARTS) is 2. The number of rotatable bonds is 8. The van der Waals surface area contributed by atoms with Crippen molar-refractivity contribution in [1.82, 2.24) is 0 Å². The molecular formula is C12H20N2O4S. The van der Waals surface area contributed by atoms with E-state index in [4.69, 9.17) is 21.7 Å². The van der Waals surface area contributed by atoms with Crippen LogP contribution >= 0.6 is 11.8 Å². The predicted octanol–water partition coefficient (Wildman–Crippen LogP) is 1.13. The second-order valence-electron chi connectivity index (χ2n) is 4.05. The van der Waals surface area contributed by atoms with E-state index in [1.165, 1.54) is 11.8 Å². The van der Waals surface area contributed by atoms with Gasteiger partial charge in [0.1, 0.15) is 0 Å². The van der Waals surface area contributed by atoms with E-state index in [9.17, 15) is 9.59 Å². The molecule has 0 saturated carbocycles. The van der Waals surface area contributed by atoms with E-state index in [1.54, 1.807) is 13.8 Å². The molecule has 0 saturated heterocycles. The van der Waals surface area contributed by atoms with E-state index < -0.39 is 11.9 Å². The van der Waals surface area contributed by atoms with Crippen molar-refractivity contribution in [1.29, 1.82) is 0 Å². The first-order valence-corrected chi connectivity index (χ1v) is 6.87. The zero-order valence-corrected chi connectivity index (χ0v) is 11.9. The number of nitrogens with two attached hydrogens (primary N) is 2. The molecule has 6 N–H and O–H groups in total. The van der Waals surface area contributed by atoms with Crippen LogP contribution in [0.15, 0.2) is 22.5 Å². The highest BCUT2D eigenvalue weighted by Crippen LogP contribution is 2.15. The van der Waals surface area contributed by atoms with Gasteiger partial charge in [-0.1, -0.05) is 0 Å². The molecule has 0 aromatic carbocycles. The van der Waals surface area contributed by atoms with Gasteiger partial charge >= 0.3 is 11.9 Å². The molecule has 0 aliphatic heterocycles. The first-order valence-electron chi connectivity index (χ1n) is 5.72. The largest absolute Gasteiger partial charge is 0.478 e. The van der Waals surface area contributed by atoms with Crippen molar-refractivity contribution in [3.8, 4) is 0 Å². The van der Waals surface area contributed by atoms with Crippen molar-refractivity contribution in [2.24, 2.45) is 11.5 Å². The van der Waals surface area contributed by atoms with Crippen molar-refractivity contribution < 1.29 is 19.8 Å². The smallest absolute Gasteiger partial charge is 0.333 e. The second kappa shape index (κ2) is 8.47. The van der Waals surface area contributed by atoms with Gasteiger partial charge in [0.25, 0.3) is 0 Å². The maximum atomic E-state index is 10.8. The lowest BCUT2D eigenvalue weighted by Crippen LogP contribution is -2.10. The lowest BCUT2D eigenvalue weighted by atomic mass is 10.1. The Labute approximate surface area is 116 Å². The highest BCUT2D eigenvalue weighted by Gasteiger charge is 2.11. The van der Waals surface area contributed by atoms with Crippen molar-refractivity contribution in [3.05, 3.63) is 22.5 Å². The van der Waals surface area contributed by atoms with Gasteiger partial charge in [-0.25, -0.2) is 9.59 Å². The number of carboxylic acids is 2. The van der Waals surface area contributed by atoms with Crippen molar-refractivity contribution in [2.45, 2.75) is 26.7 Å². The summed E-state index contributed by atoms with van der Waals surface area (Å²) >= 11 is 1.47. The van der Waals surface area contributed by atoms with E-state index in [0.29, 0.717) is 35.7 Å². The van der Waals surface area contributed by atoms with Crippen LogP contribution in [0, 0.1) is 0 Å². The van der Waals surface area contributed by atoms with Crippen molar-refractivity contribution in [2.75, 3.05) is 11.5 Å². The first-order chi connectivity index (χ1) is 8.77. The molecule has 0 amide bonds.